The molecule has 1 atom stereocenters. The summed E-state index contributed by atoms with van der Waals surface area (Å²) in [7, 11) is 1.55. The van der Waals surface area contributed by atoms with Crippen LogP contribution in [0.1, 0.15) is 27.2 Å². The maximum atomic E-state index is 10.9. The molecule has 5 nitrogen and oxygen atoms in total. The van der Waals surface area contributed by atoms with E-state index in [-0.39, 0.29) is 10.7 Å². The van der Waals surface area contributed by atoms with Crippen LogP contribution in [0.4, 0.5) is 5.00 Å². The Morgan fingerprint density at radius 2 is 2.11 bits per heavy atom. The lowest BCUT2D eigenvalue weighted by Gasteiger charge is -2.12. The third kappa shape index (κ3) is 2.34. The lowest BCUT2D eigenvalue weighted by molar-refractivity contribution is 0.0691. The number of nitrogen functional groups attached to an aromatic ring is 1. The van der Waals surface area contributed by atoms with Crippen molar-refractivity contribution in [3.8, 4) is 0 Å². The van der Waals surface area contributed by atoms with Crippen molar-refractivity contribution < 1.29 is 14.6 Å². The standard InChI is InChI=1S/C12H12N2O3S/c1-17-9(7-5-3-2-4-6-7)11-14-8(12(15)16)10(13)18-11/h2-6,9H,13H2,1H3,(H,15,16). The molecule has 0 bridgehead atoms. The zero-order valence-corrected chi connectivity index (χ0v) is 10.5. The average molecular weight is 264 g/mol. The Morgan fingerprint density at radius 3 is 2.61 bits per heavy atom. The highest BCUT2D eigenvalue weighted by Gasteiger charge is 2.22. The fourth-order valence-electron chi connectivity index (χ4n) is 1.62. The number of nitrogens with zero attached hydrogens (tertiary/aromatic N) is 1. The molecule has 2 aromatic rings. The second kappa shape index (κ2) is 5.16. The number of hydrogen-bond donors (Lipinski definition) is 2. The lowest BCUT2D eigenvalue weighted by Crippen LogP contribution is -2.05. The number of aromatic nitrogens is 1. The number of carboxylic acid groups (broad SMARTS) is 1. The molecule has 6 heteroatoms. The molecule has 94 valence electrons. The molecule has 0 aliphatic rings. The van der Waals surface area contributed by atoms with Gasteiger partial charge in [0.25, 0.3) is 0 Å². The van der Waals surface area contributed by atoms with Gasteiger partial charge in [-0.15, -0.1) is 0 Å². The number of carbonyl (C=O) groups is 1. The van der Waals surface area contributed by atoms with E-state index in [1.54, 1.807) is 7.11 Å². The molecule has 1 aromatic carbocycles. The number of nitrogens with two attached hydrogens (primary N) is 1. The van der Waals surface area contributed by atoms with Crippen molar-refractivity contribution in [2.75, 3.05) is 12.8 Å². The first-order valence-electron chi connectivity index (χ1n) is 5.20. The highest BCUT2D eigenvalue weighted by Crippen LogP contribution is 2.32. The number of rotatable bonds is 4. The highest BCUT2D eigenvalue weighted by molar-refractivity contribution is 7.16. The van der Waals surface area contributed by atoms with E-state index in [0.29, 0.717) is 5.01 Å². The van der Waals surface area contributed by atoms with E-state index in [1.165, 1.54) is 0 Å². The molecule has 18 heavy (non-hydrogen) atoms. The number of anilines is 1. The Hall–Kier alpha value is -1.92. The fourth-order valence-corrected chi connectivity index (χ4v) is 2.55. The Balaban J connectivity index is 2.40. The summed E-state index contributed by atoms with van der Waals surface area (Å²) in [6.45, 7) is 0. The van der Waals surface area contributed by atoms with E-state index < -0.39 is 12.1 Å². The molecule has 0 radical (unpaired) electrons. The van der Waals surface area contributed by atoms with E-state index in [2.05, 4.69) is 4.98 Å². The van der Waals surface area contributed by atoms with Crippen molar-refractivity contribution >= 4 is 22.3 Å². The third-order valence-electron chi connectivity index (χ3n) is 2.43. The molecule has 0 aliphatic heterocycles. The summed E-state index contributed by atoms with van der Waals surface area (Å²) in [5, 5.41) is 9.66. The SMILES string of the molecule is COC(c1ccccc1)c1nc(C(=O)O)c(N)s1. The summed E-state index contributed by atoms with van der Waals surface area (Å²) < 4.78 is 5.37. The molecule has 1 aromatic heterocycles. The summed E-state index contributed by atoms with van der Waals surface area (Å²) in [4.78, 5) is 14.9. The van der Waals surface area contributed by atoms with Crippen LogP contribution >= 0.6 is 11.3 Å². The molecule has 0 fully saturated rings. The van der Waals surface area contributed by atoms with Crippen LogP contribution in [0, 0.1) is 0 Å². The van der Waals surface area contributed by atoms with E-state index in [9.17, 15) is 4.79 Å². The number of hydrogen-bond acceptors (Lipinski definition) is 5. The summed E-state index contributed by atoms with van der Waals surface area (Å²) in [6.07, 6.45) is -0.397. The van der Waals surface area contributed by atoms with Gasteiger partial charge in [-0.1, -0.05) is 41.7 Å². The minimum atomic E-state index is -1.13. The van der Waals surface area contributed by atoms with Crippen molar-refractivity contribution in [1.29, 1.82) is 0 Å². The quantitative estimate of drug-likeness (QED) is 0.883. The van der Waals surface area contributed by atoms with Crippen LogP contribution in [-0.2, 0) is 4.74 Å². The van der Waals surface area contributed by atoms with E-state index in [4.69, 9.17) is 15.6 Å². The second-order valence-electron chi connectivity index (χ2n) is 3.60. The number of methoxy groups -OCH3 is 1. The minimum absolute atomic E-state index is 0.118. The predicted molar refractivity (Wildman–Crippen MR) is 68.8 cm³/mol. The number of carboxylic acids is 1. The number of aromatic carboxylic acids is 1. The molecule has 0 spiro atoms. The maximum absolute atomic E-state index is 10.9. The predicted octanol–water partition coefficient (Wildman–Crippen LogP) is 2.16. The van der Waals surface area contributed by atoms with Crippen LogP contribution < -0.4 is 5.73 Å². The Morgan fingerprint density at radius 1 is 1.44 bits per heavy atom. The van der Waals surface area contributed by atoms with Crippen LogP contribution in [0.25, 0.3) is 0 Å². The molecule has 1 heterocycles. The van der Waals surface area contributed by atoms with Gasteiger partial charge >= 0.3 is 5.97 Å². The van der Waals surface area contributed by atoms with E-state index in [0.717, 1.165) is 16.9 Å². The van der Waals surface area contributed by atoms with Gasteiger partial charge in [0, 0.05) is 7.11 Å². The number of benzene rings is 1. The van der Waals surface area contributed by atoms with Crippen molar-refractivity contribution in [1.82, 2.24) is 4.98 Å². The first kappa shape index (κ1) is 12.5. The van der Waals surface area contributed by atoms with Crippen molar-refractivity contribution in [2.24, 2.45) is 0 Å². The first-order chi connectivity index (χ1) is 8.63. The second-order valence-corrected chi connectivity index (χ2v) is 4.66. The Kier molecular flexibility index (Phi) is 3.59. The molecule has 0 saturated heterocycles. The lowest BCUT2D eigenvalue weighted by atomic mass is 10.1. The molecule has 0 aliphatic carbocycles. The van der Waals surface area contributed by atoms with Crippen LogP contribution in [0.5, 0.6) is 0 Å². The zero-order chi connectivity index (χ0) is 13.1. The monoisotopic (exact) mass is 264 g/mol. The topological polar surface area (TPSA) is 85.4 Å². The number of thiazole rings is 1. The summed E-state index contributed by atoms with van der Waals surface area (Å²) >= 11 is 1.13. The van der Waals surface area contributed by atoms with Gasteiger partial charge in [-0.25, -0.2) is 9.78 Å². The van der Waals surface area contributed by atoms with Crippen molar-refractivity contribution in [2.45, 2.75) is 6.10 Å². The zero-order valence-electron chi connectivity index (χ0n) is 9.66. The van der Waals surface area contributed by atoms with Gasteiger partial charge in [0.1, 0.15) is 16.1 Å². The van der Waals surface area contributed by atoms with Crippen molar-refractivity contribution in [3.05, 3.63) is 46.6 Å². The summed E-state index contributed by atoms with van der Waals surface area (Å²) in [5.74, 6) is -1.13. The van der Waals surface area contributed by atoms with E-state index in [1.807, 2.05) is 30.3 Å². The van der Waals surface area contributed by atoms with Gasteiger partial charge < -0.3 is 15.6 Å². The molecular formula is C12H12N2O3S. The first-order valence-corrected chi connectivity index (χ1v) is 6.02. The molecule has 1 unspecified atom stereocenters. The number of ether oxygens (including phenoxy) is 1. The van der Waals surface area contributed by atoms with Gasteiger partial charge in [-0.05, 0) is 5.56 Å². The van der Waals surface area contributed by atoms with Gasteiger partial charge in [0.05, 0.1) is 0 Å². The van der Waals surface area contributed by atoms with Crippen LogP contribution in [0.2, 0.25) is 0 Å². The van der Waals surface area contributed by atoms with Crippen molar-refractivity contribution in [3.63, 3.8) is 0 Å². The Labute approximate surface area is 108 Å². The Bertz CT molecular complexity index is 554. The summed E-state index contributed by atoms with van der Waals surface area (Å²) in [6, 6.07) is 9.46. The third-order valence-corrected chi connectivity index (χ3v) is 3.36. The molecule has 3 N–H and O–H groups in total. The maximum Gasteiger partial charge on any atom is 0.357 e. The largest absolute Gasteiger partial charge is 0.476 e. The molecule has 2 rings (SSSR count). The molecule has 0 amide bonds. The van der Waals surface area contributed by atoms with Crippen LogP contribution in [-0.4, -0.2) is 23.2 Å². The average Bonchev–Trinajstić information content (AvgIpc) is 2.74. The molecular weight excluding hydrogens is 252 g/mol. The van der Waals surface area contributed by atoms with Crippen LogP contribution in [0.3, 0.4) is 0 Å². The minimum Gasteiger partial charge on any atom is -0.476 e. The van der Waals surface area contributed by atoms with Gasteiger partial charge in [0.15, 0.2) is 5.69 Å². The summed E-state index contributed by atoms with van der Waals surface area (Å²) in [5.41, 5.74) is 6.42. The smallest absolute Gasteiger partial charge is 0.357 e. The van der Waals surface area contributed by atoms with Gasteiger partial charge in [-0.3, -0.25) is 0 Å². The van der Waals surface area contributed by atoms with Gasteiger partial charge in [0.2, 0.25) is 0 Å². The fraction of sp³-hybridized carbons (Fsp3) is 0.167. The molecule has 0 saturated carbocycles. The highest BCUT2D eigenvalue weighted by atomic mass is 32.1. The normalized spacial score (nSPS) is 12.3. The van der Waals surface area contributed by atoms with Gasteiger partial charge in [-0.2, -0.15) is 0 Å². The van der Waals surface area contributed by atoms with E-state index >= 15 is 0 Å². The van der Waals surface area contributed by atoms with Crippen LogP contribution in [0.15, 0.2) is 30.3 Å².